The number of unbranched alkanes of at least 4 members (excludes halogenated alkanes) is 3. The lowest BCUT2D eigenvalue weighted by Crippen LogP contribution is -2.42. The number of aromatic nitrogens is 1. The SMILES string of the molecule is CCCCCN(C(=O)OC(C)(C)C)C(C)CC.C\C=C/C(C)=C1/CCN(C(=O)Nc2cc(=N/C(C)=C/CCC)n(C)cc2C)/C1=C/CC. The highest BCUT2D eigenvalue weighted by Crippen LogP contribution is 2.31. The molecule has 2 rings (SSSR count). The summed E-state index contributed by atoms with van der Waals surface area (Å²) in [6, 6.07) is 2.11. The van der Waals surface area contributed by atoms with Crippen molar-refractivity contribution in [2.45, 2.75) is 146 Å². The molecule has 3 amide bonds. The van der Waals surface area contributed by atoms with Crippen molar-refractivity contribution in [3.63, 3.8) is 0 Å². The zero-order valence-electron chi connectivity index (χ0n) is 32.6. The lowest BCUT2D eigenvalue weighted by Gasteiger charge is -2.31. The van der Waals surface area contributed by atoms with Gasteiger partial charge in [-0.25, -0.2) is 14.6 Å². The molecule has 8 heteroatoms. The molecule has 1 aromatic rings. The average molecular weight is 666 g/mol. The molecule has 1 saturated heterocycles. The molecule has 1 aromatic heterocycles. The maximum atomic E-state index is 13.2. The summed E-state index contributed by atoms with van der Waals surface area (Å²) >= 11 is 0. The van der Waals surface area contributed by atoms with E-state index < -0.39 is 5.60 Å². The first-order valence-electron chi connectivity index (χ1n) is 18.1. The molecule has 8 nitrogen and oxygen atoms in total. The minimum atomic E-state index is -0.409. The molecule has 1 fully saturated rings. The summed E-state index contributed by atoms with van der Waals surface area (Å²) in [4.78, 5) is 33.7. The Morgan fingerprint density at radius 2 is 1.81 bits per heavy atom. The van der Waals surface area contributed by atoms with Crippen molar-refractivity contribution in [2.24, 2.45) is 12.0 Å². The van der Waals surface area contributed by atoms with Crippen LogP contribution in [0, 0.1) is 6.92 Å². The Hall–Kier alpha value is -3.55. The van der Waals surface area contributed by atoms with Gasteiger partial charge in [-0.05, 0) is 104 Å². The summed E-state index contributed by atoms with van der Waals surface area (Å²) < 4.78 is 7.43. The van der Waals surface area contributed by atoms with Crippen molar-refractivity contribution in [1.82, 2.24) is 14.4 Å². The van der Waals surface area contributed by atoms with Crippen LogP contribution in [0.1, 0.15) is 133 Å². The Kier molecular flexibility index (Phi) is 19.0. The van der Waals surface area contributed by atoms with E-state index in [0.29, 0.717) is 6.54 Å². The first kappa shape index (κ1) is 42.5. The summed E-state index contributed by atoms with van der Waals surface area (Å²) in [5, 5.41) is 3.13. The number of rotatable bonds is 12. The van der Waals surface area contributed by atoms with Crippen LogP contribution in [0.5, 0.6) is 0 Å². The third kappa shape index (κ3) is 14.3. The molecule has 0 bridgehead atoms. The van der Waals surface area contributed by atoms with Crippen molar-refractivity contribution in [3.05, 3.63) is 70.2 Å². The van der Waals surface area contributed by atoms with Crippen molar-refractivity contribution in [3.8, 4) is 0 Å². The predicted octanol–water partition coefficient (Wildman–Crippen LogP) is 10.6. The molecular formula is C40H67N5O3. The quantitative estimate of drug-likeness (QED) is 0.226. The molecule has 1 aliphatic heterocycles. The Bertz CT molecular complexity index is 1370. The van der Waals surface area contributed by atoms with Gasteiger partial charge in [0.15, 0.2) is 0 Å². The molecule has 0 saturated carbocycles. The van der Waals surface area contributed by atoms with Gasteiger partial charge >= 0.3 is 12.1 Å². The lowest BCUT2D eigenvalue weighted by molar-refractivity contribution is 0.0169. The Morgan fingerprint density at radius 1 is 1.12 bits per heavy atom. The maximum absolute atomic E-state index is 13.2. The molecule has 48 heavy (non-hydrogen) atoms. The number of anilines is 1. The summed E-state index contributed by atoms with van der Waals surface area (Å²) in [7, 11) is 1.98. The van der Waals surface area contributed by atoms with Crippen LogP contribution in [0.25, 0.3) is 0 Å². The fraction of sp³-hybridized carbons (Fsp3) is 0.625. The fourth-order valence-corrected chi connectivity index (χ4v) is 5.37. The topological polar surface area (TPSA) is 79.2 Å². The number of hydrogen-bond acceptors (Lipinski definition) is 4. The second kappa shape index (κ2) is 21.4. The van der Waals surface area contributed by atoms with E-state index in [1.165, 1.54) is 17.6 Å². The van der Waals surface area contributed by atoms with Crippen LogP contribution in [-0.2, 0) is 11.8 Å². The van der Waals surface area contributed by atoms with Crippen molar-refractivity contribution in [1.29, 1.82) is 0 Å². The fourth-order valence-electron chi connectivity index (χ4n) is 5.37. The summed E-state index contributed by atoms with van der Waals surface area (Å²) in [6.07, 6.45) is 18.5. The molecule has 2 heterocycles. The highest BCUT2D eigenvalue weighted by Gasteiger charge is 2.28. The normalized spacial score (nSPS) is 16.6. The number of amides is 3. The number of likely N-dealkylation sites (tertiary alicyclic amines) is 1. The first-order valence-corrected chi connectivity index (χ1v) is 18.1. The minimum absolute atomic E-state index is 0.0934. The zero-order valence-corrected chi connectivity index (χ0v) is 32.6. The van der Waals surface area contributed by atoms with Gasteiger partial charge in [0.25, 0.3) is 0 Å². The van der Waals surface area contributed by atoms with Crippen LogP contribution < -0.4 is 10.8 Å². The van der Waals surface area contributed by atoms with Gasteiger partial charge in [-0.2, -0.15) is 0 Å². The van der Waals surface area contributed by atoms with Crippen LogP contribution >= 0.6 is 0 Å². The van der Waals surface area contributed by atoms with E-state index in [2.05, 4.69) is 65.1 Å². The number of pyridine rings is 1. The van der Waals surface area contributed by atoms with E-state index in [1.807, 2.05) is 81.3 Å². The van der Waals surface area contributed by atoms with E-state index >= 15 is 0 Å². The smallest absolute Gasteiger partial charge is 0.410 e. The molecule has 0 spiro atoms. The van der Waals surface area contributed by atoms with Crippen LogP contribution in [0.3, 0.4) is 0 Å². The van der Waals surface area contributed by atoms with Crippen molar-refractivity contribution < 1.29 is 14.3 Å². The number of aryl methyl sites for hydroxylation is 2. The number of nitrogens with zero attached hydrogens (tertiary/aromatic N) is 4. The standard InChI is InChI=1S/C26H38N4O.C14H29NO2/c1-8-11-14-21(6)27-25-17-23(20(5)18-29(25)7)28-26(31)30-16-15-22(19(4)12-9-2)24(30)13-10-3;1-7-9-10-11-15(12(3)8-2)13(16)17-14(4,5)6/h9,12-14,17-18H,8,10-11,15-16H2,1-7H3,(H,28,31);12H,7-11H2,1-6H3/b12-9-,21-14+,22-19-,24-13+,27-25?;. The van der Waals surface area contributed by atoms with Gasteiger partial charge in [-0.15, -0.1) is 0 Å². The Labute approximate surface area is 292 Å². The molecule has 0 aliphatic carbocycles. The summed E-state index contributed by atoms with van der Waals surface area (Å²) in [6.45, 7) is 26.0. The molecule has 1 unspecified atom stereocenters. The Balaban J connectivity index is 0.000000576. The highest BCUT2D eigenvalue weighted by atomic mass is 16.6. The van der Waals surface area contributed by atoms with Gasteiger partial charge in [0.1, 0.15) is 11.1 Å². The van der Waals surface area contributed by atoms with Crippen LogP contribution in [0.4, 0.5) is 15.3 Å². The Morgan fingerprint density at radius 3 is 2.38 bits per heavy atom. The molecule has 0 aromatic carbocycles. The molecule has 0 radical (unpaired) electrons. The van der Waals surface area contributed by atoms with Crippen molar-refractivity contribution in [2.75, 3.05) is 18.4 Å². The number of hydrogen-bond donors (Lipinski definition) is 1. The molecule has 1 atom stereocenters. The first-order chi connectivity index (χ1) is 22.6. The third-order valence-electron chi connectivity index (χ3n) is 8.18. The number of allylic oxidation sites excluding steroid dienone is 7. The largest absolute Gasteiger partial charge is 0.444 e. The van der Waals surface area contributed by atoms with Gasteiger partial charge in [0, 0.05) is 49.8 Å². The van der Waals surface area contributed by atoms with Gasteiger partial charge in [0.05, 0.1) is 5.69 Å². The van der Waals surface area contributed by atoms with Crippen LogP contribution in [0.2, 0.25) is 0 Å². The number of urea groups is 1. The minimum Gasteiger partial charge on any atom is -0.444 e. The summed E-state index contributed by atoms with van der Waals surface area (Å²) in [5.74, 6) is 0. The zero-order chi connectivity index (χ0) is 36.4. The van der Waals surface area contributed by atoms with Gasteiger partial charge in [0.2, 0.25) is 0 Å². The number of nitrogens with one attached hydrogen (secondary N) is 1. The van der Waals surface area contributed by atoms with E-state index in [4.69, 9.17) is 9.73 Å². The molecule has 270 valence electrons. The van der Waals surface area contributed by atoms with Gasteiger partial charge in [-0.3, -0.25) is 4.90 Å². The van der Waals surface area contributed by atoms with Crippen LogP contribution in [0.15, 0.2) is 64.1 Å². The molecular weight excluding hydrogens is 598 g/mol. The van der Waals surface area contributed by atoms with Gasteiger partial charge < -0.3 is 19.5 Å². The third-order valence-corrected chi connectivity index (χ3v) is 8.18. The second-order valence-electron chi connectivity index (χ2n) is 13.7. The number of ether oxygens (including phenoxy) is 1. The predicted molar refractivity (Wildman–Crippen MR) is 203 cm³/mol. The maximum Gasteiger partial charge on any atom is 0.410 e. The molecule has 1 N–H and O–H groups in total. The van der Waals surface area contributed by atoms with E-state index in [1.54, 1.807) is 0 Å². The number of carbonyl (C=O) groups is 2. The van der Waals surface area contributed by atoms with E-state index in [0.717, 1.165) is 79.6 Å². The van der Waals surface area contributed by atoms with Crippen LogP contribution in [-0.4, -0.2) is 51.2 Å². The second-order valence-corrected chi connectivity index (χ2v) is 13.7. The van der Waals surface area contributed by atoms with Crippen molar-refractivity contribution >= 4 is 17.8 Å². The highest BCUT2D eigenvalue weighted by molar-refractivity contribution is 5.92. The van der Waals surface area contributed by atoms with Gasteiger partial charge in [-0.1, -0.05) is 71.3 Å². The van der Waals surface area contributed by atoms with E-state index in [9.17, 15) is 9.59 Å². The average Bonchev–Trinajstić information content (AvgIpc) is 3.44. The number of carbonyl (C=O) groups excluding carboxylic acids is 2. The summed E-state index contributed by atoms with van der Waals surface area (Å²) in [5.41, 5.74) is 6.69. The van der Waals surface area contributed by atoms with E-state index in [-0.39, 0.29) is 18.2 Å². The monoisotopic (exact) mass is 666 g/mol. The molecule has 1 aliphatic rings. The lowest BCUT2D eigenvalue weighted by atomic mass is 10.0.